The molecule has 2 aromatic rings. The van der Waals surface area contributed by atoms with Gasteiger partial charge in [-0.1, -0.05) is 5.16 Å². The topological polar surface area (TPSA) is 126 Å². The number of aromatic nitrogens is 2. The van der Waals surface area contributed by atoms with E-state index >= 15 is 0 Å². The number of aryl methyl sites for hydroxylation is 2. The lowest BCUT2D eigenvalue weighted by atomic mass is 10.0. The predicted molar refractivity (Wildman–Crippen MR) is 89.7 cm³/mol. The summed E-state index contributed by atoms with van der Waals surface area (Å²) in [5, 5.41) is 17.1. The van der Waals surface area contributed by atoms with E-state index in [4.69, 9.17) is 4.52 Å². The Morgan fingerprint density at radius 1 is 1.35 bits per heavy atom. The van der Waals surface area contributed by atoms with Gasteiger partial charge in [0.25, 0.3) is 5.89 Å². The molecule has 1 fully saturated rings. The number of nitrogens with zero attached hydrogens (tertiary/aromatic N) is 3. The van der Waals surface area contributed by atoms with Gasteiger partial charge >= 0.3 is 0 Å². The number of amides is 1. The molecule has 1 amide bonds. The maximum atomic E-state index is 13.0. The first-order chi connectivity index (χ1) is 12.3. The fourth-order valence-electron chi connectivity index (χ4n) is 3.29. The molecule has 1 aromatic heterocycles. The zero-order chi connectivity index (χ0) is 18.5. The van der Waals surface area contributed by atoms with Crippen LogP contribution in [0.2, 0.25) is 0 Å². The van der Waals surface area contributed by atoms with Gasteiger partial charge in [-0.05, 0) is 37.1 Å². The highest BCUT2D eigenvalue weighted by Gasteiger charge is 2.46. The molecule has 1 atom stereocenters. The molecule has 10 heteroatoms. The zero-order valence-electron chi connectivity index (χ0n) is 14.1. The quantitative estimate of drug-likeness (QED) is 0.798. The van der Waals surface area contributed by atoms with Gasteiger partial charge in [-0.15, -0.1) is 0 Å². The molecule has 1 aromatic carbocycles. The fourth-order valence-corrected chi connectivity index (χ4v) is 4.84. The van der Waals surface area contributed by atoms with Gasteiger partial charge in [0.1, 0.15) is 0 Å². The summed E-state index contributed by atoms with van der Waals surface area (Å²) in [4.78, 5) is 15.6. The molecule has 9 nitrogen and oxygen atoms in total. The van der Waals surface area contributed by atoms with Gasteiger partial charge in [0.05, 0.1) is 11.4 Å². The summed E-state index contributed by atoms with van der Waals surface area (Å²) >= 11 is 0. The lowest BCUT2D eigenvalue weighted by Gasteiger charge is -2.21. The Morgan fingerprint density at radius 3 is 2.88 bits per heavy atom. The van der Waals surface area contributed by atoms with Crippen molar-refractivity contribution in [3.63, 3.8) is 0 Å². The van der Waals surface area contributed by atoms with Gasteiger partial charge in [-0.3, -0.25) is 4.79 Å². The molecule has 0 aliphatic carbocycles. The van der Waals surface area contributed by atoms with Crippen molar-refractivity contribution in [2.75, 3.05) is 18.4 Å². The van der Waals surface area contributed by atoms with Crippen molar-refractivity contribution in [1.29, 1.82) is 0 Å². The monoisotopic (exact) mass is 378 g/mol. The molecule has 0 bridgehead atoms. The second-order valence-electron chi connectivity index (χ2n) is 6.63. The number of rotatable bonds is 3. The van der Waals surface area contributed by atoms with Crippen LogP contribution < -0.4 is 5.32 Å². The molecule has 4 rings (SSSR count). The number of fused-ring (bicyclic) bond motifs is 1. The van der Waals surface area contributed by atoms with Crippen molar-refractivity contribution >= 4 is 21.6 Å². The average Bonchev–Trinajstić information content (AvgIpc) is 3.22. The average molecular weight is 378 g/mol. The van der Waals surface area contributed by atoms with Crippen LogP contribution in [0.5, 0.6) is 0 Å². The van der Waals surface area contributed by atoms with Crippen molar-refractivity contribution in [2.45, 2.75) is 36.7 Å². The molecular formula is C16H18N4O5S. The van der Waals surface area contributed by atoms with Crippen molar-refractivity contribution in [1.82, 2.24) is 14.4 Å². The van der Waals surface area contributed by atoms with E-state index in [1.807, 2.05) is 0 Å². The minimum Gasteiger partial charge on any atom is -0.379 e. The maximum Gasteiger partial charge on any atom is 0.260 e. The minimum absolute atomic E-state index is 0.0286. The van der Waals surface area contributed by atoms with Crippen LogP contribution >= 0.6 is 0 Å². The first kappa shape index (κ1) is 17.1. The molecule has 3 heterocycles. The Bertz CT molecular complexity index is 986. The number of hydrogen-bond donors (Lipinski definition) is 2. The zero-order valence-corrected chi connectivity index (χ0v) is 14.9. The van der Waals surface area contributed by atoms with Crippen LogP contribution in [-0.2, 0) is 26.8 Å². The summed E-state index contributed by atoms with van der Waals surface area (Å²) < 4.78 is 32.2. The van der Waals surface area contributed by atoms with E-state index in [1.54, 1.807) is 19.1 Å². The molecule has 2 N–H and O–H groups in total. The van der Waals surface area contributed by atoms with E-state index in [0.29, 0.717) is 24.4 Å². The van der Waals surface area contributed by atoms with Crippen LogP contribution in [0.25, 0.3) is 0 Å². The Morgan fingerprint density at radius 2 is 2.15 bits per heavy atom. The highest BCUT2D eigenvalue weighted by atomic mass is 32.2. The van der Waals surface area contributed by atoms with Crippen LogP contribution in [0.1, 0.15) is 30.1 Å². The van der Waals surface area contributed by atoms with Crippen molar-refractivity contribution < 1.29 is 22.8 Å². The summed E-state index contributed by atoms with van der Waals surface area (Å²) in [6.07, 6.45) is 1.00. The number of nitrogens with one attached hydrogen (secondary N) is 1. The molecule has 1 saturated heterocycles. The van der Waals surface area contributed by atoms with Gasteiger partial charge in [-0.2, -0.15) is 9.29 Å². The molecule has 0 unspecified atom stereocenters. The maximum absolute atomic E-state index is 13.0. The van der Waals surface area contributed by atoms with Crippen molar-refractivity contribution in [3.05, 3.63) is 35.5 Å². The molecule has 2 aliphatic rings. The van der Waals surface area contributed by atoms with E-state index in [1.165, 1.54) is 10.4 Å². The standard InChI is InChI=1S/C16H18N4O5S/c1-10-17-15(25-19-10)16(22)6-7-20(9-16)26(23,24)12-3-4-13-11(8-12)2-5-14(21)18-13/h3-4,8,22H,2,5-7,9H2,1H3,(H,18,21)/t16-/m1/s1. The fraction of sp³-hybridized carbons (Fsp3) is 0.438. The highest BCUT2D eigenvalue weighted by Crippen LogP contribution is 2.35. The molecule has 0 saturated carbocycles. The summed E-state index contributed by atoms with van der Waals surface area (Å²) in [5.41, 5.74) is -0.0663. The van der Waals surface area contributed by atoms with Gasteiger partial charge in [0, 0.05) is 25.1 Å². The number of carbonyl (C=O) groups excluding carboxylic acids is 1. The molecule has 26 heavy (non-hydrogen) atoms. The lowest BCUT2D eigenvalue weighted by molar-refractivity contribution is -0.116. The number of benzene rings is 1. The van der Waals surface area contributed by atoms with Crippen molar-refractivity contribution in [3.8, 4) is 0 Å². The number of sulfonamides is 1. The Balaban J connectivity index is 1.61. The normalized spacial score (nSPS) is 23.7. The molecule has 138 valence electrons. The third-order valence-electron chi connectivity index (χ3n) is 4.75. The van der Waals surface area contributed by atoms with Gasteiger partial charge in [0.15, 0.2) is 11.4 Å². The number of anilines is 1. The van der Waals surface area contributed by atoms with E-state index in [9.17, 15) is 18.3 Å². The van der Waals surface area contributed by atoms with Crippen LogP contribution in [0.4, 0.5) is 5.69 Å². The Kier molecular flexibility index (Phi) is 3.86. The van der Waals surface area contributed by atoms with E-state index in [0.717, 1.165) is 5.56 Å². The lowest BCUT2D eigenvalue weighted by Crippen LogP contribution is -2.34. The number of β-amino-alcohol motifs (C(OH)–C–C–N with tert-alkyl or cyclic N) is 1. The van der Waals surface area contributed by atoms with Crippen LogP contribution in [0.15, 0.2) is 27.6 Å². The largest absolute Gasteiger partial charge is 0.379 e. The summed E-state index contributed by atoms with van der Waals surface area (Å²) in [6, 6.07) is 4.65. The predicted octanol–water partition coefficient (Wildman–Crippen LogP) is 0.545. The van der Waals surface area contributed by atoms with E-state index in [2.05, 4.69) is 15.5 Å². The second-order valence-corrected chi connectivity index (χ2v) is 8.57. The van der Waals surface area contributed by atoms with E-state index in [-0.39, 0.29) is 36.2 Å². The number of hydrogen-bond acceptors (Lipinski definition) is 7. The number of carbonyl (C=O) groups is 1. The number of aliphatic hydroxyl groups is 1. The Hall–Kier alpha value is -2.30. The third-order valence-corrected chi connectivity index (χ3v) is 6.59. The van der Waals surface area contributed by atoms with E-state index < -0.39 is 15.6 Å². The third kappa shape index (κ3) is 2.79. The smallest absolute Gasteiger partial charge is 0.260 e. The summed E-state index contributed by atoms with van der Waals surface area (Å²) in [6.45, 7) is 1.63. The second kappa shape index (κ2) is 5.86. The minimum atomic E-state index is -3.79. The van der Waals surface area contributed by atoms with Gasteiger partial charge in [0.2, 0.25) is 15.9 Å². The first-order valence-electron chi connectivity index (χ1n) is 8.24. The molecule has 2 aliphatic heterocycles. The summed E-state index contributed by atoms with van der Waals surface area (Å²) in [5.74, 6) is 0.333. The van der Waals surface area contributed by atoms with Crippen LogP contribution in [0, 0.1) is 6.92 Å². The molecular weight excluding hydrogens is 360 g/mol. The van der Waals surface area contributed by atoms with Crippen LogP contribution in [-0.4, -0.2) is 47.0 Å². The van der Waals surface area contributed by atoms with Gasteiger partial charge < -0.3 is 14.9 Å². The SMILES string of the molecule is Cc1noc([C@@]2(O)CCN(S(=O)(=O)c3ccc4c(c3)CCC(=O)N4)C2)n1. The highest BCUT2D eigenvalue weighted by molar-refractivity contribution is 7.89. The first-order valence-corrected chi connectivity index (χ1v) is 9.68. The summed E-state index contributed by atoms with van der Waals surface area (Å²) in [7, 11) is -3.79. The molecule has 0 radical (unpaired) electrons. The van der Waals surface area contributed by atoms with Crippen LogP contribution in [0.3, 0.4) is 0 Å². The Labute approximate surface area is 150 Å². The molecule has 0 spiro atoms. The van der Waals surface area contributed by atoms with Crippen molar-refractivity contribution in [2.24, 2.45) is 0 Å². The van der Waals surface area contributed by atoms with Gasteiger partial charge in [-0.25, -0.2) is 8.42 Å².